The smallest absolute Gasteiger partial charge is 0.141 e. The number of aliphatic hydroxyl groups excluding tert-OH is 1. The molecule has 3 rings (SSSR count). The molecule has 0 bridgehead atoms. The molecule has 1 atom stereocenters. The van der Waals surface area contributed by atoms with E-state index < -0.39 is 6.10 Å². The molecule has 6 heteroatoms. The molecule has 1 aromatic carbocycles. The van der Waals surface area contributed by atoms with Crippen LogP contribution in [0.25, 0.3) is 11.4 Å². The predicted octanol–water partition coefficient (Wildman–Crippen LogP) is 3.99. The Morgan fingerprint density at radius 3 is 2.77 bits per heavy atom. The van der Waals surface area contributed by atoms with Gasteiger partial charge in [0.2, 0.25) is 0 Å². The first-order chi connectivity index (χ1) is 10.6. The number of hydrogen-bond donors (Lipinski definition) is 1. The lowest BCUT2D eigenvalue weighted by molar-refractivity contribution is 0.157. The second kappa shape index (κ2) is 6.48. The fourth-order valence-corrected chi connectivity index (χ4v) is 2.80. The van der Waals surface area contributed by atoms with Gasteiger partial charge >= 0.3 is 0 Å². The molecule has 2 aromatic heterocycles. The molecule has 0 spiro atoms. The van der Waals surface area contributed by atoms with E-state index in [1.807, 2.05) is 22.9 Å². The molecule has 4 nitrogen and oxygen atoms in total. The van der Waals surface area contributed by atoms with E-state index >= 15 is 0 Å². The first-order valence-corrected chi connectivity index (χ1v) is 7.45. The lowest BCUT2D eigenvalue weighted by Gasteiger charge is -2.15. The number of imidazole rings is 1. The number of pyridine rings is 1. The highest BCUT2D eigenvalue weighted by molar-refractivity contribution is 6.35. The molecule has 0 aliphatic heterocycles. The Morgan fingerprint density at radius 1 is 1.18 bits per heavy atom. The maximum absolute atomic E-state index is 10.4. The summed E-state index contributed by atoms with van der Waals surface area (Å²) < 4.78 is 1.87. The standard InChI is InChI=1S/C16H13Cl2N3O/c17-12-3-4-13(14(18)8-12)15(22)10-21-7-6-20-16(21)11-2-1-5-19-9-11/h1-9,15,22H,10H2. The van der Waals surface area contributed by atoms with Crippen molar-refractivity contribution in [1.82, 2.24) is 14.5 Å². The monoisotopic (exact) mass is 333 g/mol. The molecule has 22 heavy (non-hydrogen) atoms. The number of nitrogens with zero attached hydrogens (tertiary/aromatic N) is 3. The lowest BCUT2D eigenvalue weighted by Crippen LogP contribution is -2.10. The Labute approximate surface area is 138 Å². The minimum absolute atomic E-state index is 0.339. The van der Waals surface area contributed by atoms with Crippen LogP contribution in [0, 0.1) is 0 Å². The Bertz CT molecular complexity index is 774. The van der Waals surface area contributed by atoms with Crippen molar-refractivity contribution in [3.05, 3.63) is 70.7 Å². The molecule has 1 N–H and O–H groups in total. The minimum atomic E-state index is -0.755. The first-order valence-electron chi connectivity index (χ1n) is 6.69. The second-order valence-corrected chi connectivity index (χ2v) is 5.67. The number of rotatable bonds is 4. The van der Waals surface area contributed by atoms with Gasteiger partial charge < -0.3 is 9.67 Å². The van der Waals surface area contributed by atoms with Crippen LogP contribution >= 0.6 is 23.2 Å². The molecule has 0 radical (unpaired) electrons. The van der Waals surface area contributed by atoms with E-state index in [2.05, 4.69) is 9.97 Å². The summed E-state index contributed by atoms with van der Waals surface area (Å²) in [5.74, 6) is 0.747. The van der Waals surface area contributed by atoms with Gasteiger partial charge in [-0.25, -0.2) is 4.98 Å². The van der Waals surface area contributed by atoms with E-state index in [0.717, 1.165) is 11.4 Å². The van der Waals surface area contributed by atoms with Gasteiger partial charge in [0.05, 0.1) is 12.6 Å². The predicted molar refractivity (Wildman–Crippen MR) is 86.9 cm³/mol. The quantitative estimate of drug-likeness (QED) is 0.785. The normalized spacial score (nSPS) is 12.3. The van der Waals surface area contributed by atoms with Gasteiger partial charge in [0.25, 0.3) is 0 Å². The molecule has 0 saturated heterocycles. The van der Waals surface area contributed by atoms with E-state index in [1.54, 1.807) is 36.8 Å². The van der Waals surface area contributed by atoms with E-state index in [-0.39, 0.29) is 0 Å². The van der Waals surface area contributed by atoms with Crippen LogP contribution in [0.4, 0.5) is 0 Å². The number of halogens is 2. The van der Waals surface area contributed by atoms with Crippen molar-refractivity contribution in [3.8, 4) is 11.4 Å². The third kappa shape index (κ3) is 3.14. The zero-order valence-corrected chi connectivity index (χ0v) is 13.0. The third-order valence-corrected chi connectivity index (χ3v) is 3.89. The SMILES string of the molecule is OC(Cn1ccnc1-c1cccnc1)c1ccc(Cl)cc1Cl. The summed E-state index contributed by atoms with van der Waals surface area (Å²) in [6.07, 6.45) is 6.20. The van der Waals surface area contributed by atoms with Gasteiger partial charge in [-0.1, -0.05) is 29.3 Å². The minimum Gasteiger partial charge on any atom is -0.386 e. The van der Waals surface area contributed by atoms with Gasteiger partial charge in [-0.2, -0.15) is 0 Å². The molecule has 0 saturated carbocycles. The Kier molecular flexibility index (Phi) is 4.43. The van der Waals surface area contributed by atoms with Crippen LogP contribution < -0.4 is 0 Å². The van der Waals surface area contributed by atoms with Crippen LogP contribution in [0.2, 0.25) is 10.0 Å². The molecule has 2 heterocycles. The number of hydrogen-bond acceptors (Lipinski definition) is 3. The molecule has 3 aromatic rings. The fourth-order valence-electron chi connectivity index (χ4n) is 2.27. The van der Waals surface area contributed by atoms with E-state index in [4.69, 9.17) is 23.2 Å². The fraction of sp³-hybridized carbons (Fsp3) is 0.125. The summed E-state index contributed by atoms with van der Waals surface area (Å²) in [4.78, 5) is 8.42. The lowest BCUT2D eigenvalue weighted by atomic mass is 10.1. The van der Waals surface area contributed by atoms with Crippen molar-refractivity contribution in [3.63, 3.8) is 0 Å². The van der Waals surface area contributed by atoms with Crippen molar-refractivity contribution < 1.29 is 5.11 Å². The van der Waals surface area contributed by atoms with Gasteiger partial charge in [0.15, 0.2) is 0 Å². The summed E-state index contributed by atoms with van der Waals surface area (Å²) in [6.45, 7) is 0.339. The van der Waals surface area contributed by atoms with Crippen molar-refractivity contribution in [2.24, 2.45) is 0 Å². The summed E-state index contributed by atoms with van der Waals surface area (Å²) >= 11 is 12.0. The largest absolute Gasteiger partial charge is 0.386 e. The number of aromatic nitrogens is 3. The highest BCUT2D eigenvalue weighted by Gasteiger charge is 2.15. The molecular weight excluding hydrogens is 321 g/mol. The maximum Gasteiger partial charge on any atom is 0.141 e. The molecule has 0 amide bonds. The van der Waals surface area contributed by atoms with Crippen molar-refractivity contribution in [2.45, 2.75) is 12.6 Å². The molecule has 0 aliphatic rings. The first kappa shape index (κ1) is 15.0. The van der Waals surface area contributed by atoms with Crippen LogP contribution in [0.1, 0.15) is 11.7 Å². The van der Waals surface area contributed by atoms with Crippen molar-refractivity contribution in [2.75, 3.05) is 0 Å². The molecule has 0 aliphatic carbocycles. The maximum atomic E-state index is 10.4. The highest BCUT2D eigenvalue weighted by atomic mass is 35.5. The van der Waals surface area contributed by atoms with Crippen LogP contribution in [0.3, 0.4) is 0 Å². The second-order valence-electron chi connectivity index (χ2n) is 4.83. The van der Waals surface area contributed by atoms with Gasteiger partial charge in [0, 0.05) is 46.0 Å². The van der Waals surface area contributed by atoms with Crippen LogP contribution in [0.5, 0.6) is 0 Å². The molecule has 1 unspecified atom stereocenters. The molecule has 0 fully saturated rings. The Balaban J connectivity index is 1.86. The van der Waals surface area contributed by atoms with Crippen molar-refractivity contribution in [1.29, 1.82) is 0 Å². The zero-order chi connectivity index (χ0) is 15.5. The summed E-state index contributed by atoms with van der Waals surface area (Å²) in [5.41, 5.74) is 1.53. The van der Waals surface area contributed by atoms with E-state index in [1.165, 1.54) is 0 Å². The topological polar surface area (TPSA) is 50.9 Å². The van der Waals surface area contributed by atoms with Gasteiger partial charge in [-0.3, -0.25) is 4.98 Å². The van der Waals surface area contributed by atoms with Crippen LogP contribution in [0.15, 0.2) is 55.1 Å². The van der Waals surface area contributed by atoms with Crippen molar-refractivity contribution >= 4 is 23.2 Å². The third-order valence-electron chi connectivity index (χ3n) is 3.33. The Morgan fingerprint density at radius 2 is 2.05 bits per heavy atom. The van der Waals surface area contributed by atoms with Gasteiger partial charge in [0.1, 0.15) is 5.82 Å². The van der Waals surface area contributed by atoms with Crippen LogP contribution in [-0.2, 0) is 6.54 Å². The number of benzene rings is 1. The summed E-state index contributed by atoms with van der Waals surface area (Å²) in [6, 6.07) is 8.84. The Hall–Kier alpha value is -1.88. The van der Waals surface area contributed by atoms with Gasteiger partial charge in [-0.15, -0.1) is 0 Å². The van der Waals surface area contributed by atoms with E-state index in [9.17, 15) is 5.11 Å². The average molecular weight is 334 g/mol. The molecular formula is C16H13Cl2N3O. The molecule has 112 valence electrons. The average Bonchev–Trinajstić information content (AvgIpc) is 2.96. The van der Waals surface area contributed by atoms with Gasteiger partial charge in [-0.05, 0) is 24.3 Å². The summed E-state index contributed by atoms with van der Waals surface area (Å²) in [5, 5.41) is 11.4. The van der Waals surface area contributed by atoms with E-state index in [0.29, 0.717) is 22.2 Å². The zero-order valence-electron chi connectivity index (χ0n) is 11.5. The highest BCUT2D eigenvalue weighted by Crippen LogP contribution is 2.28. The number of aliphatic hydroxyl groups is 1. The summed E-state index contributed by atoms with van der Waals surface area (Å²) in [7, 11) is 0. The van der Waals surface area contributed by atoms with Crippen LogP contribution in [-0.4, -0.2) is 19.6 Å².